The van der Waals surface area contributed by atoms with Crippen molar-refractivity contribution in [1.82, 2.24) is 14.5 Å². The molecule has 0 amide bonds. The van der Waals surface area contributed by atoms with Crippen LogP contribution in [0.1, 0.15) is 43.4 Å². The molecule has 5 nitrogen and oxygen atoms in total. The van der Waals surface area contributed by atoms with E-state index in [1.54, 1.807) is 6.92 Å². The van der Waals surface area contributed by atoms with E-state index < -0.39 is 41.4 Å². The number of nitrogens with zero attached hydrogens (tertiary/aromatic N) is 3. The first-order valence-corrected chi connectivity index (χ1v) is 10.1. The molecule has 1 aromatic carbocycles. The van der Waals surface area contributed by atoms with Crippen molar-refractivity contribution in [2.75, 3.05) is 5.32 Å². The summed E-state index contributed by atoms with van der Waals surface area (Å²) in [6.45, 7) is 1.55. The third-order valence-corrected chi connectivity index (χ3v) is 5.82. The van der Waals surface area contributed by atoms with E-state index in [1.165, 1.54) is 18.3 Å². The van der Waals surface area contributed by atoms with Crippen LogP contribution < -0.4 is 10.9 Å². The minimum Gasteiger partial charge on any atom is -0.363 e. The number of benzene rings is 1. The number of rotatable bonds is 6. The zero-order valence-electron chi connectivity index (χ0n) is 16.1. The third-order valence-electron chi connectivity index (χ3n) is 5.47. The number of hydrogen-bond acceptors (Lipinski definition) is 4. The van der Waals surface area contributed by atoms with Gasteiger partial charge in [0.2, 0.25) is 0 Å². The monoisotopic (exact) mass is 502 g/mol. The Labute approximate surface area is 181 Å². The molecule has 1 saturated carbocycles. The Balaban J connectivity index is 1.79. The average molecular weight is 503 g/mol. The Kier molecular flexibility index (Phi) is 5.48. The van der Waals surface area contributed by atoms with Crippen molar-refractivity contribution in [2.45, 2.75) is 44.2 Å². The Morgan fingerprint density at radius 3 is 2.45 bits per heavy atom. The van der Waals surface area contributed by atoms with Gasteiger partial charge in [-0.1, -0.05) is 18.2 Å². The largest absolute Gasteiger partial charge is 0.363 e. The van der Waals surface area contributed by atoms with Crippen LogP contribution in [0.4, 0.5) is 27.8 Å². The molecule has 1 fully saturated rings. The number of halogens is 6. The Morgan fingerprint density at radius 2 is 1.84 bits per heavy atom. The number of alkyl halides is 4. The van der Waals surface area contributed by atoms with Crippen LogP contribution in [0, 0.1) is 5.82 Å². The van der Waals surface area contributed by atoms with Gasteiger partial charge in [-0.05, 0) is 35.7 Å². The maximum absolute atomic E-state index is 14.5. The summed E-state index contributed by atoms with van der Waals surface area (Å²) >= 11 is 3.13. The predicted molar refractivity (Wildman–Crippen MR) is 108 cm³/mol. The van der Waals surface area contributed by atoms with Crippen LogP contribution in [0.2, 0.25) is 0 Å². The van der Waals surface area contributed by atoms with Crippen molar-refractivity contribution < 1.29 is 22.0 Å². The molecule has 0 unspecified atom stereocenters. The van der Waals surface area contributed by atoms with E-state index in [-0.39, 0.29) is 39.9 Å². The fraction of sp³-hybridized carbons (Fsp3) is 0.350. The van der Waals surface area contributed by atoms with Crippen molar-refractivity contribution in [2.24, 2.45) is 0 Å². The fourth-order valence-corrected chi connectivity index (χ4v) is 3.95. The second-order valence-corrected chi connectivity index (χ2v) is 8.15. The molecule has 2 heterocycles. The van der Waals surface area contributed by atoms with Crippen LogP contribution in [-0.4, -0.2) is 21.0 Å². The summed E-state index contributed by atoms with van der Waals surface area (Å²) in [5, 5.41) is 3.20. The molecule has 1 aliphatic rings. The van der Waals surface area contributed by atoms with Gasteiger partial charge in [0, 0.05) is 17.8 Å². The minimum atomic E-state index is -2.97. The molecular formula is C20H16BrF5N4O. The summed E-state index contributed by atoms with van der Waals surface area (Å²) in [5.41, 5.74) is -2.71. The Morgan fingerprint density at radius 1 is 1.16 bits per heavy atom. The van der Waals surface area contributed by atoms with Crippen LogP contribution in [0.25, 0.3) is 10.9 Å². The summed E-state index contributed by atoms with van der Waals surface area (Å²) in [4.78, 5) is 20.8. The minimum absolute atomic E-state index is 0.0137. The van der Waals surface area contributed by atoms with Crippen molar-refractivity contribution in [3.63, 3.8) is 0 Å². The molecule has 0 spiro atoms. The first-order valence-electron chi connectivity index (χ1n) is 9.35. The van der Waals surface area contributed by atoms with Gasteiger partial charge in [0.25, 0.3) is 18.4 Å². The molecule has 1 atom stereocenters. The summed E-state index contributed by atoms with van der Waals surface area (Å²) in [6.07, 6.45) is -4.10. The molecule has 164 valence electrons. The van der Waals surface area contributed by atoms with Gasteiger partial charge in [0.1, 0.15) is 17.2 Å². The summed E-state index contributed by atoms with van der Waals surface area (Å²) in [7, 11) is 0. The van der Waals surface area contributed by atoms with Gasteiger partial charge in [0.05, 0.1) is 22.5 Å². The second-order valence-electron chi connectivity index (χ2n) is 7.44. The molecule has 0 saturated heterocycles. The molecule has 0 aliphatic heterocycles. The van der Waals surface area contributed by atoms with Gasteiger partial charge >= 0.3 is 0 Å². The van der Waals surface area contributed by atoms with E-state index in [9.17, 15) is 26.7 Å². The lowest BCUT2D eigenvalue weighted by molar-refractivity contribution is 0.0654. The number of nitrogens with one attached hydrogen (secondary N) is 1. The highest BCUT2D eigenvalue weighted by molar-refractivity contribution is 9.10. The summed E-state index contributed by atoms with van der Waals surface area (Å²) in [5.74, 6) is -0.897. The van der Waals surface area contributed by atoms with Crippen LogP contribution >= 0.6 is 15.9 Å². The summed E-state index contributed by atoms with van der Waals surface area (Å²) < 4.78 is 68.9. The van der Waals surface area contributed by atoms with Crippen LogP contribution in [0.3, 0.4) is 0 Å². The maximum Gasteiger partial charge on any atom is 0.266 e. The highest BCUT2D eigenvalue weighted by atomic mass is 79.9. The molecule has 1 aliphatic carbocycles. The first-order chi connectivity index (χ1) is 14.6. The van der Waals surface area contributed by atoms with Crippen molar-refractivity contribution in [3.8, 4) is 0 Å². The smallest absolute Gasteiger partial charge is 0.266 e. The van der Waals surface area contributed by atoms with E-state index >= 15 is 0 Å². The molecular weight excluding hydrogens is 487 g/mol. The van der Waals surface area contributed by atoms with Crippen LogP contribution in [-0.2, 0) is 5.54 Å². The number of aromatic nitrogens is 3. The van der Waals surface area contributed by atoms with Crippen molar-refractivity contribution >= 4 is 32.7 Å². The van der Waals surface area contributed by atoms with Gasteiger partial charge in [-0.25, -0.2) is 31.9 Å². The predicted octanol–water partition coefficient (Wildman–Crippen LogP) is 5.56. The molecule has 3 aromatic rings. The third kappa shape index (κ3) is 3.79. The standard InChI is InChI=1S/C20H16BrF5N4O/c1-9(10-3-2-4-11(15(10)22)16(23)24)27-17-12-8-30(20(5-6-20)18(25)26)14(31)7-13(12)28-19(21)29-17/h2-4,7-9,16,18H,5-6H2,1H3,(H,27,28,29)/t9-/m1/s1. The number of pyridine rings is 1. The quantitative estimate of drug-likeness (QED) is 0.354. The van der Waals surface area contributed by atoms with Gasteiger partial charge in [-0.3, -0.25) is 4.79 Å². The van der Waals surface area contributed by atoms with Crippen molar-refractivity contribution in [3.05, 3.63) is 62.5 Å². The zero-order chi connectivity index (χ0) is 22.5. The van der Waals surface area contributed by atoms with Gasteiger partial charge in [-0.2, -0.15) is 0 Å². The van der Waals surface area contributed by atoms with E-state index in [2.05, 4.69) is 31.2 Å². The highest BCUT2D eigenvalue weighted by Crippen LogP contribution is 2.48. The lowest BCUT2D eigenvalue weighted by atomic mass is 10.0. The number of anilines is 1. The number of hydrogen-bond donors (Lipinski definition) is 1. The molecule has 11 heteroatoms. The SMILES string of the molecule is C[C@@H](Nc1nc(Br)nc2cc(=O)n(C3(C(F)F)CC3)cc12)c1cccc(C(F)F)c1F. The van der Waals surface area contributed by atoms with E-state index in [0.717, 1.165) is 16.7 Å². The van der Waals surface area contributed by atoms with Gasteiger partial charge in [-0.15, -0.1) is 0 Å². The Hall–Kier alpha value is -2.56. The topological polar surface area (TPSA) is 59.8 Å². The molecule has 2 aromatic heterocycles. The average Bonchev–Trinajstić information content (AvgIpc) is 3.49. The Bertz CT molecular complexity index is 1210. The van der Waals surface area contributed by atoms with E-state index in [0.29, 0.717) is 0 Å². The van der Waals surface area contributed by atoms with Gasteiger partial charge < -0.3 is 9.88 Å². The lowest BCUT2D eigenvalue weighted by Crippen LogP contribution is -2.35. The van der Waals surface area contributed by atoms with Crippen LogP contribution in [0.5, 0.6) is 0 Å². The first kappa shape index (κ1) is 21.7. The fourth-order valence-electron chi connectivity index (χ4n) is 3.58. The zero-order valence-corrected chi connectivity index (χ0v) is 17.6. The van der Waals surface area contributed by atoms with Gasteiger partial charge in [0.15, 0.2) is 4.73 Å². The molecule has 0 radical (unpaired) electrons. The second kappa shape index (κ2) is 7.85. The molecule has 1 N–H and O–H groups in total. The van der Waals surface area contributed by atoms with Crippen molar-refractivity contribution in [1.29, 1.82) is 0 Å². The lowest BCUT2D eigenvalue weighted by Gasteiger charge is -2.21. The normalized spacial score (nSPS) is 16.2. The molecule has 31 heavy (non-hydrogen) atoms. The van der Waals surface area contributed by atoms with E-state index in [1.807, 2.05) is 0 Å². The highest BCUT2D eigenvalue weighted by Gasteiger charge is 2.53. The summed E-state index contributed by atoms with van der Waals surface area (Å²) in [6, 6.07) is 4.03. The maximum atomic E-state index is 14.5. The number of fused-ring (bicyclic) bond motifs is 1. The molecule has 0 bridgehead atoms. The molecule has 4 rings (SSSR count). The van der Waals surface area contributed by atoms with E-state index in [4.69, 9.17) is 0 Å². The van der Waals surface area contributed by atoms with Crippen LogP contribution in [0.15, 0.2) is 40.0 Å².